The fourth-order valence-corrected chi connectivity index (χ4v) is 5.17. The van der Waals surface area contributed by atoms with Crippen molar-refractivity contribution in [3.63, 3.8) is 0 Å². The van der Waals surface area contributed by atoms with Crippen molar-refractivity contribution in [1.29, 1.82) is 0 Å². The van der Waals surface area contributed by atoms with Gasteiger partial charge in [0.05, 0.1) is 0 Å². The zero-order valence-electron chi connectivity index (χ0n) is 23.8. The molecular formula is C25H31NO17S. The number of rotatable bonds is 11. The van der Waals surface area contributed by atoms with Gasteiger partial charge in [-0.1, -0.05) is 30.0 Å². The van der Waals surface area contributed by atoms with Crippen LogP contribution in [0.5, 0.6) is 0 Å². The van der Waals surface area contributed by atoms with Crippen LogP contribution in [0.25, 0.3) is 0 Å². The molecule has 1 aromatic rings. The molecule has 44 heavy (non-hydrogen) atoms. The Morgan fingerprint density at radius 1 is 0.886 bits per heavy atom. The van der Waals surface area contributed by atoms with Gasteiger partial charge in [0.2, 0.25) is 6.29 Å². The second-order valence-electron chi connectivity index (χ2n) is 9.63. The third kappa shape index (κ3) is 6.93. The SMILES string of the molecule is CC(=O)OC(O)[C@H]1O[C@@](O)(SC[C@](C)(NC(=O)c2ccccc2)C(=O)O)[C@@](O)(OC(C)=O)[C@](O)(OC(C)=O)[C@@]1(O)OC(C)=O. The lowest BCUT2D eigenvalue weighted by atomic mass is 9.86. The summed E-state index contributed by atoms with van der Waals surface area (Å²) in [5.74, 6) is -22.3. The molecule has 19 heteroatoms. The highest BCUT2D eigenvalue weighted by atomic mass is 32.2. The molecule has 7 atom stereocenters. The Morgan fingerprint density at radius 3 is 1.84 bits per heavy atom. The Labute approximate surface area is 252 Å². The summed E-state index contributed by atoms with van der Waals surface area (Å²) in [6.45, 7) is 3.50. The van der Waals surface area contributed by atoms with Crippen LogP contribution in [-0.4, -0.2) is 113 Å². The summed E-state index contributed by atoms with van der Waals surface area (Å²) in [5, 5.41) is 65.2. The second kappa shape index (κ2) is 13.0. The lowest BCUT2D eigenvalue weighted by Crippen LogP contribution is -2.87. The fourth-order valence-electron chi connectivity index (χ4n) is 3.94. The molecule has 1 saturated heterocycles. The maximum absolute atomic E-state index is 12.8. The molecule has 1 unspecified atom stereocenters. The molecule has 0 saturated carbocycles. The predicted octanol–water partition coefficient (Wildman–Crippen LogP) is -2.33. The first kappa shape index (κ1) is 36.3. The molecular weight excluding hydrogens is 618 g/mol. The van der Waals surface area contributed by atoms with Crippen molar-refractivity contribution >= 4 is 47.5 Å². The molecule has 0 spiro atoms. The molecule has 1 heterocycles. The standard InChI is InChI=1S/C25H31NO17S/c1-12(27)39-19(32)17-22(35,40-13(2)28)23(36,41-14(3)29)24(37,42-15(4)30)25(38,43-17)44-11-21(5,20(33)34)26-18(31)16-9-7-6-8-10-16/h6-10,17,19,32,35-38H,11H2,1-5H3,(H,26,31)(H,33,34)/t17-,19?,21+,22+,23-,24+,25-/m1/s1. The summed E-state index contributed by atoms with van der Waals surface area (Å²) in [4.78, 5) is 72.8. The van der Waals surface area contributed by atoms with Crippen LogP contribution in [0.2, 0.25) is 0 Å². The third-order valence-corrected chi connectivity index (χ3v) is 7.41. The Morgan fingerprint density at radius 2 is 1.39 bits per heavy atom. The first-order valence-corrected chi connectivity index (χ1v) is 13.3. The predicted molar refractivity (Wildman–Crippen MR) is 140 cm³/mol. The Bertz CT molecular complexity index is 1310. The average molecular weight is 650 g/mol. The zero-order chi connectivity index (χ0) is 33.9. The van der Waals surface area contributed by atoms with Gasteiger partial charge in [-0.2, -0.15) is 0 Å². The van der Waals surface area contributed by atoms with Gasteiger partial charge in [0.25, 0.3) is 11.0 Å². The molecule has 2 rings (SSSR count). The number of amides is 1. The topological polar surface area (TPSA) is 282 Å². The van der Waals surface area contributed by atoms with Crippen LogP contribution in [0.4, 0.5) is 0 Å². The third-order valence-electron chi connectivity index (χ3n) is 5.93. The van der Waals surface area contributed by atoms with E-state index in [-0.39, 0.29) is 17.3 Å². The molecule has 7 N–H and O–H groups in total. The molecule has 0 radical (unpaired) electrons. The number of carboxylic acid groups (broad SMARTS) is 1. The number of esters is 4. The van der Waals surface area contributed by atoms with E-state index in [0.717, 1.165) is 13.8 Å². The number of carboxylic acids is 1. The largest absolute Gasteiger partial charge is 0.479 e. The summed E-state index contributed by atoms with van der Waals surface area (Å²) < 4.78 is 23.7. The molecule has 1 amide bonds. The van der Waals surface area contributed by atoms with Crippen molar-refractivity contribution in [3.05, 3.63) is 35.9 Å². The summed E-state index contributed by atoms with van der Waals surface area (Å²) in [5.41, 5.74) is -2.37. The number of aliphatic hydroxyl groups is 5. The van der Waals surface area contributed by atoms with Crippen molar-refractivity contribution in [2.75, 3.05) is 5.75 Å². The number of thioether (sulfide) groups is 1. The van der Waals surface area contributed by atoms with E-state index in [9.17, 15) is 59.4 Å². The molecule has 1 aliphatic heterocycles. The molecule has 1 aromatic carbocycles. The van der Waals surface area contributed by atoms with E-state index in [4.69, 9.17) is 9.47 Å². The average Bonchev–Trinajstić information content (AvgIpc) is 2.88. The van der Waals surface area contributed by atoms with Crippen LogP contribution in [0.3, 0.4) is 0 Å². The van der Waals surface area contributed by atoms with Gasteiger partial charge in [0.15, 0.2) is 6.10 Å². The Hall–Kier alpha value is -3.85. The molecule has 18 nitrogen and oxygen atoms in total. The van der Waals surface area contributed by atoms with E-state index in [1.807, 2.05) is 0 Å². The van der Waals surface area contributed by atoms with Crippen molar-refractivity contribution in [2.45, 2.75) is 75.0 Å². The van der Waals surface area contributed by atoms with E-state index in [1.54, 1.807) is 6.07 Å². The minimum absolute atomic E-state index is 0.00858. The van der Waals surface area contributed by atoms with Gasteiger partial charge < -0.3 is 59.6 Å². The number of aliphatic carboxylic acids is 1. The molecule has 0 aromatic heterocycles. The van der Waals surface area contributed by atoms with Crippen LogP contribution in [0, 0.1) is 0 Å². The van der Waals surface area contributed by atoms with Gasteiger partial charge in [0, 0.05) is 39.0 Å². The van der Waals surface area contributed by atoms with Crippen LogP contribution < -0.4 is 5.32 Å². The minimum atomic E-state index is -4.33. The quantitative estimate of drug-likeness (QED) is 0.0752. The van der Waals surface area contributed by atoms with Gasteiger partial charge >= 0.3 is 47.2 Å². The van der Waals surface area contributed by atoms with Crippen LogP contribution in [0.1, 0.15) is 45.0 Å². The van der Waals surface area contributed by atoms with E-state index < -0.39 is 81.9 Å². The normalized spacial score (nSPS) is 30.1. The zero-order valence-corrected chi connectivity index (χ0v) is 24.6. The van der Waals surface area contributed by atoms with E-state index in [2.05, 4.69) is 19.5 Å². The lowest BCUT2D eigenvalue weighted by molar-refractivity contribution is -0.546. The number of nitrogens with one attached hydrogen (secondary N) is 1. The molecule has 1 fully saturated rings. The highest BCUT2D eigenvalue weighted by molar-refractivity contribution is 8.00. The van der Waals surface area contributed by atoms with Crippen molar-refractivity contribution in [1.82, 2.24) is 5.32 Å². The van der Waals surface area contributed by atoms with E-state index in [0.29, 0.717) is 20.8 Å². The van der Waals surface area contributed by atoms with Crippen molar-refractivity contribution in [3.8, 4) is 0 Å². The lowest BCUT2D eigenvalue weighted by Gasteiger charge is -2.58. The van der Waals surface area contributed by atoms with Gasteiger partial charge in [-0.25, -0.2) is 4.79 Å². The van der Waals surface area contributed by atoms with Gasteiger partial charge in [-0.05, 0) is 19.1 Å². The Kier molecular flexibility index (Phi) is 10.8. The first-order valence-electron chi connectivity index (χ1n) is 12.3. The summed E-state index contributed by atoms with van der Waals surface area (Å²) in [7, 11) is 0. The van der Waals surface area contributed by atoms with Crippen molar-refractivity contribution < 1.29 is 83.1 Å². The number of benzene rings is 1. The summed E-state index contributed by atoms with van der Waals surface area (Å²) >= 11 is -0.234. The van der Waals surface area contributed by atoms with E-state index >= 15 is 0 Å². The van der Waals surface area contributed by atoms with Crippen LogP contribution in [-0.2, 0) is 47.7 Å². The highest BCUT2D eigenvalue weighted by Crippen LogP contribution is 2.55. The van der Waals surface area contributed by atoms with Crippen LogP contribution in [0.15, 0.2) is 30.3 Å². The monoisotopic (exact) mass is 649 g/mol. The smallest absolute Gasteiger partial charge is 0.353 e. The number of hydrogen-bond acceptors (Lipinski definition) is 17. The minimum Gasteiger partial charge on any atom is -0.479 e. The maximum atomic E-state index is 12.8. The highest BCUT2D eigenvalue weighted by Gasteiger charge is 2.86. The number of aliphatic hydroxyl groups excluding tert-OH is 1. The van der Waals surface area contributed by atoms with Gasteiger partial charge in [-0.3, -0.25) is 24.0 Å². The number of hydrogen-bond donors (Lipinski definition) is 7. The fraction of sp³-hybridized carbons (Fsp3) is 0.520. The molecule has 0 bridgehead atoms. The van der Waals surface area contributed by atoms with Crippen molar-refractivity contribution in [2.24, 2.45) is 0 Å². The number of ether oxygens (including phenoxy) is 5. The number of carbonyl (C=O) groups is 6. The second-order valence-corrected chi connectivity index (χ2v) is 10.8. The van der Waals surface area contributed by atoms with E-state index in [1.165, 1.54) is 24.3 Å². The summed E-state index contributed by atoms with van der Waals surface area (Å²) in [6, 6.07) is 7.23. The maximum Gasteiger partial charge on any atom is 0.353 e. The van der Waals surface area contributed by atoms with Gasteiger partial charge in [-0.15, -0.1) is 0 Å². The number of carbonyl (C=O) groups excluding carboxylic acids is 5. The molecule has 0 aliphatic carbocycles. The summed E-state index contributed by atoms with van der Waals surface area (Å²) in [6.07, 6.45) is -5.71. The first-order chi connectivity index (χ1) is 20.1. The van der Waals surface area contributed by atoms with Crippen LogP contribution >= 0.6 is 11.8 Å². The Balaban J connectivity index is 2.77. The molecule has 1 aliphatic rings. The molecule has 244 valence electrons. The van der Waals surface area contributed by atoms with Gasteiger partial charge in [0.1, 0.15) is 5.54 Å².